The zero-order valence-electron chi connectivity index (χ0n) is 16.9. The zero-order chi connectivity index (χ0) is 19.8. The number of cyclic esters (lactones) is 1. The fourth-order valence-corrected chi connectivity index (χ4v) is 5.42. The lowest BCUT2D eigenvalue weighted by atomic mass is 9.75. The van der Waals surface area contributed by atoms with Crippen molar-refractivity contribution in [1.82, 2.24) is 0 Å². The molecule has 29 heavy (non-hydrogen) atoms. The average Bonchev–Trinajstić information content (AvgIpc) is 3.20. The van der Waals surface area contributed by atoms with Gasteiger partial charge in [-0.1, -0.05) is 42.5 Å². The van der Waals surface area contributed by atoms with Gasteiger partial charge in [0.15, 0.2) is 0 Å². The van der Waals surface area contributed by atoms with Crippen molar-refractivity contribution in [2.24, 2.45) is 11.3 Å². The summed E-state index contributed by atoms with van der Waals surface area (Å²) in [4.78, 5) is 12.5. The molecule has 2 aromatic rings. The lowest BCUT2D eigenvalue weighted by Crippen LogP contribution is -2.31. The minimum atomic E-state index is -0.422. The van der Waals surface area contributed by atoms with Gasteiger partial charge in [-0.2, -0.15) is 0 Å². The van der Waals surface area contributed by atoms with E-state index < -0.39 is 5.41 Å². The highest BCUT2D eigenvalue weighted by Crippen LogP contribution is 2.52. The maximum absolute atomic E-state index is 12.5. The second kappa shape index (κ2) is 7.37. The third-order valence-corrected chi connectivity index (χ3v) is 6.94. The van der Waals surface area contributed by atoms with Crippen molar-refractivity contribution in [2.75, 3.05) is 6.61 Å². The van der Waals surface area contributed by atoms with Gasteiger partial charge in [0.05, 0.1) is 12.0 Å². The molecule has 0 radical (unpaired) electrons. The molecular weight excluding hydrogens is 360 g/mol. The summed E-state index contributed by atoms with van der Waals surface area (Å²) in [6.07, 6.45) is 7.33. The van der Waals surface area contributed by atoms with Gasteiger partial charge in [0.2, 0.25) is 0 Å². The standard InChI is InChI=1S/C26H28O3/c1-18-11-23-17-29-25(27)26(23,14-18)15-19-5-4-8-24(13-19)28-16-20-9-10-21-6-2-3-7-22(21)12-20/h4-5,8-10,12-13,23H,1-3,6-7,11,14-17H2. The van der Waals surface area contributed by atoms with Crippen LogP contribution in [0, 0.1) is 11.3 Å². The Bertz CT molecular complexity index is 960. The molecule has 2 aromatic carbocycles. The van der Waals surface area contributed by atoms with Gasteiger partial charge >= 0.3 is 5.97 Å². The number of aryl methyl sites for hydroxylation is 2. The van der Waals surface area contributed by atoms with Crippen LogP contribution < -0.4 is 4.74 Å². The van der Waals surface area contributed by atoms with Gasteiger partial charge in [-0.05, 0) is 79.3 Å². The summed E-state index contributed by atoms with van der Waals surface area (Å²) in [6.45, 7) is 5.24. The molecule has 1 saturated heterocycles. The highest BCUT2D eigenvalue weighted by molar-refractivity contribution is 5.81. The topological polar surface area (TPSA) is 35.5 Å². The molecule has 0 aromatic heterocycles. The molecule has 3 aliphatic rings. The Hall–Kier alpha value is -2.55. The number of carbonyl (C=O) groups is 1. The van der Waals surface area contributed by atoms with E-state index in [-0.39, 0.29) is 11.9 Å². The minimum absolute atomic E-state index is 0.0541. The van der Waals surface area contributed by atoms with Crippen LogP contribution in [0.3, 0.4) is 0 Å². The number of ether oxygens (including phenoxy) is 2. The van der Waals surface area contributed by atoms with Crippen molar-refractivity contribution < 1.29 is 14.3 Å². The van der Waals surface area contributed by atoms with Crippen molar-refractivity contribution >= 4 is 5.97 Å². The van der Waals surface area contributed by atoms with Crippen LogP contribution >= 0.6 is 0 Å². The molecule has 1 aliphatic heterocycles. The second-order valence-electron chi connectivity index (χ2n) is 9.01. The van der Waals surface area contributed by atoms with Gasteiger partial charge < -0.3 is 9.47 Å². The number of fused-ring (bicyclic) bond motifs is 2. The van der Waals surface area contributed by atoms with E-state index in [0.29, 0.717) is 19.6 Å². The normalized spacial score (nSPS) is 25.4. The van der Waals surface area contributed by atoms with Gasteiger partial charge in [-0.3, -0.25) is 4.79 Å². The maximum Gasteiger partial charge on any atom is 0.313 e. The van der Waals surface area contributed by atoms with Crippen LogP contribution in [0.25, 0.3) is 0 Å². The van der Waals surface area contributed by atoms with Crippen LogP contribution in [0.1, 0.15) is 47.9 Å². The summed E-state index contributed by atoms with van der Waals surface area (Å²) in [7, 11) is 0. The number of rotatable bonds is 5. The molecule has 2 fully saturated rings. The molecule has 5 rings (SSSR count). The summed E-state index contributed by atoms with van der Waals surface area (Å²) in [5.41, 5.74) is 6.09. The molecule has 3 heteroatoms. The molecule has 1 heterocycles. The van der Waals surface area contributed by atoms with Gasteiger partial charge in [-0.15, -0.1) is 0 Å². The molecule has 2 unspecified atom stereocenters. The van der Waals surface area contributed by atoms with Crippen LogP contribution in [0.5, 0.6) is 5.75 Å². The van der Waals surface area contributed by atoms with Gasteiger partial charge in [0.1, 0.15) is 12.4 Å². The fourth-order valence-electron chi connectivity index (χ4n) is 5.42. The molecule has 0 bridgehead atoms. The largest absolute Gasteiger partial charge is 0.489 e. The highest BCUT2D eigenvalue weighted by atomic mass is 16.5. The van der Waals surface area contributed by atoms with E-state index in [4.69, 9.17) is 9.47 Å². The quantitative estimate of drug-likeness (QED) is 0.522. The SMILES string of the molecule is C=C1CC2COC(=O)C2(Cc2cccc(OCc3ccc4c(c3)CCCC4)c2)C1. The molecule has 2 atom stereocenters. The van der Waals surface area contributed by atoms with E-state index >= 15 is 0 Å². The molecule has 3 nitrogen and oxygen atoms in total. The molecule has 0 N–H and O–H groups in total. The van der Waals surface area contributed by atoms with E-state index in [9.17, 15) is 4.79 Å². The first-order valence-electron chi connectivity index (χ1n) is 10.8. The molecule has 2 aliphatic carbocycles. The predicted molar refractivity (Wildman–Crippen MR) is 113 cm³/mol. The molecule has 1 saturated carbocycles. The summed E-state index contributed by atoms with van der Waals surface area (Å²) in [5.74, 6) is 1.07. The van der Waals surface area contributed by atoms with Crippen molar-refractivity contribution in [2.45, 2.75) is 51.6 Å². The maximum atomic E-state index is 12.5. The van der Waals surface area contributed by atoms with Crippen LogP contribution in [0.4, 0.5) is 0 Å². The summed E-state index contributed by atoms with van der Waals surface area (Å²) < 4.78 is 11.5. The highest BCUT2D eigenvalue weighted by Gasteiger charge is 2.55. The molecule has 0 spiro atoms. The monoisotopic (exact) mass is 388 g/mol. The molecule has 150 valence electrons. The zero-order valence-corrected chi connectivity index (χ0v) is 16.9. The smallest absolute Gasteiger partial charge is 0.313 e. The first-order valence-corrected chi connectivity index (χ1v) is 10.8. The fraction of sp³-hybridized carbons (Fsp3) is 0.423. The lowest BCUT2D eigenvalue weighted by Gasteiger charge is -2.24. The lowest BCUT2D eigenvalue weighted by molar-refractivity contribution is -0.146. The van der Waals surface area contributed by atoms with E-state index in [2.05, 4.69) is 36.9 Å². The number of hydrogen-bond acceptors (Lipinski definition) is 3. The Morgan fingerprint density at radius 1 is 1.07 bits per heavy atom. The van der Waals surface area contributed by atoms with Crippen molar-refractivity contribution in [3.8, 4) is 5.75 Å². The number of benzene rings is 2. The average molecular weight is 389 g/mol. The second-order valence-corrected chi connectivity index (χ2v) is 9.01. The van der Waals surface area contributed by atoms with E-state index in [1.54, 1.807) is 0 Å². The Balaban J connectivity index is 1.29. The van der Waals surface area contributed by atoms with Crippen LogP contribution in [-0.4, -0.2) is 12.6 Å². The molecular formula is C26H28O3. The van der Waals surface area contributed by atoms with Crippen LogP contribution in [-0.2, 0) is 35.4 Å². The van der Waals surface area contributed by atoms with Crippen LogP contribution in [0.15, 0.2) is 54.6 Å². The van der Waals surface area contributed by atoms with Gasteiger partial charge in [0.25, 0.3) is 0 Å². The summed E-state index contributed by atoms with van der Waals surface area (Å²) in [5, 5.41) is 0. The Kier molecular flexibility index (Phi) is 4.69. The number of hydrogen-bond donors (Lipinski definition) is 0. The number of esters is 1. The van der Waals surface area contributed by atoms with Crippen molar-refractivity contribution in [3.63, 3.8) is 0 Å². The summed E-state index contributed by atoms with van der Waals surface area (Å²) >= 11 is 0. The predicted octanol–water partition coefficient (Wildman–Crippen LogP) is 5.20. The summed E-state index contributed by atoms with van der Waals surface area (Å²) in [6, 6.07) is 14.9. The number of allylic oxidation sites excluding steroid dienone is 1. The Labute approximate surface area is 172 Å². The Morgan fingerprint density at radius 3 is 2.83 bits per heavy atom. The number of carbonyl (C=O) groups excluding carboxylic acids is 1. The molecule has 0 amide bonds. The van der Waals surface area contributed by atoms with E-state index in [0.717, 1.165) is 24.2 Å². The van der Waals surface area contributed by atoms with Gasteiger partial charge in [-0.25, -0.2) is 0 Å². The van der Waals surface area contributed by atoms with Gasteiger partial charge in [0, 0.05) is 5.92 Å². The van der Waals surface area contributed by atoms with Crippen molar-refractivity contribution in [3.05, 3.63) is 76.9 Å². The van der Waals surface area contributed by atoms with Crippen LogP contribution in [0.2, 0.25) is 0 Å². The Morgan fingerprint density at radius 2 is 1.93 bits per heavy atom. The first kappa shape index (κ1) is 18.5. The van der Waals surface area contributed by atoms with Crippen molar-refractivity contribution in [1.29, 1.82) is 0 Å². The third kappa shape index (κ3) is 3.48. The van der Waals surface area contributed by atoms with E-state index in [1.807, 2.05) is 12.1 Å². The van der Waals surface area contributed by atoms with E-state index in [1.165, 1.54) is 47.9 Å². The first-order chi connectivity index (χ1) is 14.1. The third-order valence-electron chi connectivity index (χ3n) is 6.94. The minimum Gasteiger partial charge on any atom is -0.489 e.